The van der Waals surface area contributed by atoms with Crippen molar-refractivity contribution in [2.75, 3.05) is 39.6 Å². The third kappa shape index (κ3) is 26.7. The standard InChI is InChI=1S/C18H20N2O6.2C10H14.4ClH.2Ru/c21-17(15-3-1-5-19-13-15)25-11-9-23-7-8-24-10-12-26-18(22)16-4-2-6-20-14-16;2*1-8(2)10-6-4-9(3)5-7-10;;;;;;/h1-6,13-14H,7-12H2;2*4-8H,1-3H3;4*1H;;/q;;;;;;;2*+2/p-4. The number of benzene rings is 2. The molecule has 0 saturated carbocycles. The van der Waals surface area contributed by atoms with Gasteiger partial charge < -0.3 is 18.9 Å². The third-order valence-electron chi connectivity index (χ3n) is 6.58. The van der Waals surface area contributed by atoms with Crippen molar-refractivity contribution in [2.24, 2.45) is 0 Å². The van der Waals surface area contributed by atoms with Crippen LogP contribution in [0.5, 0.6) is 0 Å². The molecule has 4 aromatic rings. The number of carbonyl (C=O) groups excluding carboxylic acids is 2. The van der Waals surface area contributed by atoms with Gasteiger partial charge in [0.05, 0.1) is 37.6 Å². The van der Waals surface area contributed by atoms with Crippen molar-refractivity contribution in [3.63, 3.8) is 0 Å². The zero-order valence-electron chi connectivity index (χ0n) is 30.2. The number of ether oxygens (including phenoxy) is 4. The van der Waals surface area contributed by atoms with Gasteiger partial charge in [-0.1, -0.05) is 87.4 Å². The van der Waals surface area contributed by atoms with Crippen molar-refractivity contribution < 1.29 is 58.8 Å². The van der Waals surface area contributed by atoms with E-state index < -0.39 is 11.9 Å². The molecule has 290 valence electrons. The Morgan fingerprint density at radius 3 is 1.13 bits per heavy atom. The molecule has 0 aliphatic heterocycles. The summed E-state index contributed by atoms with van der Waals surface area (Å²) in [5, 5.41) is 0. The number of pyridine rings is 2. The maximum absolute atomic E-state index is 11.6. The predicted molar refractivity (Wildman–Crippen MR) is 205 cm³/mol. The number of aryl methyl sites for hydroxylation is 2. The minimum atomic E-state index is -0.437. The molecule has 0 unspecified atom stereocenters. The molecule has 0 aliphatic carbocycles. The van der Waals surface area contributed by atoms with Gasteiger partial charge in [0.1, 0.15) is 13.2 Å². The van der Waals surface area contributed by atoms with Crippen LogP contribution in [0, 0.1) is 13.8 Å². The van der Waals surface area contributed by atoms with Gasteiger partial charge in [-0.25, -0.2) is 9.59 Å². The van der Waals surface area contributed by atoms with Gasteiger partial charge in [-0.15, -0.1) is 0 Å². The van der Waals surface area contributed by atoms with E-state index in [-0.39, 0.29) is 56.7 Å². The van der Waals surface area contributed by atoms with Crippen molar-refractivity contribution in [3.8, 4) is 0 Å². The number of hydrogen-bond donors (Lipinski definition) is 0. The van der Waals surface area contributed by atoms with Crippen LogP contribution >= 0.6 is 38.8 Å². The summed E-state index contributed by atoms with van der Waals surface area (Å²) in [4.78, 5) is 30.9. The predicted octanol–water partition coefficient (Wildman–Crippen LogP) is 10.5. The molecule has 14 heteroatoms. The second-order valence-corrected chi connectivity index (χ2v) is 16.5. The SMILES string of the molecule is Cc1ccc(C(C)C)cc1.Cc1ccc(C(C)C)cc1.O=C(OCCOCCOCCOC(=O)c1cccnc1)c1cccnc1.[Cl][Ru][Cl].[Cl][Ru][Cl]. The summed E-state index contributed by atoms with van der Waals surface area (Å²) >= 11 is -0.691. The zero-order valence-corrected chi connectivity index (χ0v) is 36.7. The topological polar surface area (TPSA) is 96.8 Å². The summed E-state index contributed by atoms with van der Waals surface area (Å²) in [7, 11) is 19.4. The summed E-state index contributed by atoms with van der Waals surface area (Å²) in [5.74, 6) is 0.433. The van der Waals surface area contributed by atoms with Crippen LogP contribution in [-0.4, -0.2) is 61.5 Å². The van der Waals surface area contributed by atoms with Gasteiger partial charge in [0.2, 0.25) is 0 Å². The molecule has 0 saturated heterocycles. The first-order valence-electron chi connectivity index (χ1n) is 16.1. The van der Waals surface area contributed by atoms with Crippen molar-refractivity contribution in [1.82, 2.24) is 9.97 Å². The first kappa shape index (κ1) is 50.0. The Labute approximate surface area is 341 Å². The van der Waals surface area contributed by atoms with Crippen molar-refractivity contribution in [1.29, 1.82) is 0 Å². The number of hydrogen-bond acceptors (Lipinski definition) is 8. The van der Waals surface area contributed by atoms with E-state index in [0.29, 0.717) is 36.2 Å². The van der Waals surface area contributed by atoms with Gasteiger partial charge in [0, 0.05) is 24.8 Å². The van der Waals surface area contributed by atoms with Gasteiger partial charge >= 0.3 is 81.0 Å². The summed E-state index contributed by atoms with van der Waals surface area (Å²) in [5.41, 5.74) is 6.32. The number of rotatable bonds is 13. The van der Waals surface area contributed by atoms with Crippen LogP contribution < -0.4 is 0 Å². The van der Waals surface area contributed by atoms with Crippen LogP contribution in [0.2, 0.25) is 0 Å². The average molecular weight is 973 g/mol. The van der Waals surface area contributed by atoms with E-state index in [4.69, 9.17) is 57.7 Å². The summed E-state index contributed by atoms with van der Waals surface area (Å²) in [6.45, 7) is 14.6. The average Bonchev–Trinajstić information content (AvgIpc) is 3.14. The van der Waals surface area contributed by atoms with E-state index >= 15 is 0 Å². The Bertz CT molecular complexity index is 1330. The minimum absolute atomic E-state index is 0.149. The molecule has 4 rings (SSSR count). The maximum atomic E-state index is 11.6. The molecule has 0 amide bonds. The van der Waals surface area contributed by atoms with Gasteiger partial charge in [-0.2, -0.15) is 0 Å². The normalized spacial score (nSPS) is 10.0. The quantitative estimate of drug-likeness (QED) is 0.0743. The molecule has 2 aromatic carbocycles. The molecule has 0 N–H and O–H groups in total. The number of carbonyl (C=O) groups is 2. The van der Waals surface area contributed by atoms with Crippen LogP contribution in [0.3, 0.4) is 0 Å². The van der Waals surface area contributed by atoms with E-state index in [9.17, 15) is 9.59 Å². The number of halogens is 4. The van der Waals surface area contributed by atoms with E-state index in [0.717, 1.165) is 0 Å². The second-order valence-electron chi connectivity index (χ2n) is 11.2. The first-order chi connectivity index (χ1) is 25.0. The van der Waals surface area contributed by atoms with E-state index in [2.05, 4.69) is 100 Å². The fraction of sp³-hybridized carbons (Fsp3) is 0.368. The first-order valence-corrected chi connectivity index (χ1v) is 25.1. The van der Waals surface area contributed by atoms with Crippen molar-refractivity contribution in [2.45, 2.75) is 53.4 Å². The van der Waals surface area contributed by atoms with Crippen LogP contribution in [0.25, 0.3) is 0 Å². The fourth-order valence-electron chi connectivity index (χ4n) is 3.74. The van der Waals surface area contributed by atoms with Crippen molar-refractivity contribution in [3.05, 3.63) is 131 Å². The Morgan fingerprint density at radius 2 is 0.865 bits per heavy atom. The van der Waals surface area contributed by atoms with Crippen LogP contribution in [-0.2, 0) is 49.2 Å². The van der Waals surface area contributed by atoms with Crippen LogP contribution in [0.4, 0.5) is 0 Å². The molecule has 8 nitrogen and oxygen atoms in total. The molecule has 0 bridgehead atoms. The molecule has 2 aromatic heterocycles. The van der Waals surface area contributed by atoms with Crippen LogP contribution in [0.1, 0.15) is 82.5 Å². The van der Waals surface area contributed by atoms with Gasteiger partial charge in [-0.3, -0.25) is 9.97 Å². The molecule has 0 atom stereocenters. The summed E-state index contributed by atoms with van der Waals surface area (Å²) < 4.78 is 20.6. The van der Waals surface area contributed by atoms with Gasteiger partial charge in [0.15, 0.2) is 0 Å². The van der Waals surface area contributed by atoms with E-state index in [1.807, 2.05) is 0 Å². The van der Waals surface area contributed by atoms with E-state index in [1.165, 1.54) is 34.6 Å². The zero-order chi connectivity index (χ0) is 39.0. The Balaban J connectivity index is 0.000000814. The molecule has 0 aliphatic rings. The molecule has 0 fully saturated rings. The summed E-state index contributed by atoms with van der Waals surface area (Å²) in [6.07, 6.45) is 6.05. The fourth-order valence-corrected chi connectivity index (χ4v) is 3.74. The Kier molecular flexibility index (Phi) is 32.3. The second kappa shape index (κ2) is 33.6. The molecule has 52 heavy (non-hydrogen) atoms. The molecule has 2 heterocycles. The number of nitrogens with zero attached hydrogens (tertiary/aromatic N) is 2. The Hall–Kier alpha value is -1.99. The Morgan fingerprint density at radius 1 is 0.558 bits per heavy atom. The third-order valence-corrected chi connectivity index (χ3v) is 6.58. The molecule has 0 radical (unpaired) electrons. The van der Waals surface area contributed by atoms with Gasteiger partial charge in [-0.05, 0) is 61.1 Å². The van der Waals surface area contributed by atoms with E-state index in [1.54, 1.807) is 36.7 Å². The monoisotopic (exact) mass is 972 g/mol. The van der Waals surface area contributed by atoms with Crippen LogP contribution in [0.15, 0.2) is 97.6 Å². The molecule has 0 spiro atoms. The molecular weight excluding hydrogens is 924 g/mol. The molecular formula is C38H48Cl4N2O6Ru2. The summed E-state index contributed by atoms with van der Waals surface area (Å²) in [6, 6.07) is 24.0. The number of esters is 2. The van der Waals surface area contributed by atoms with Gasteiger partial charge in [0.25, 0.3) is 0 Å². The number of aromatic nitrogens is 2. The van der Waals surface area contributed by atoms with Crippen molar-refractivity contribution >= 4 is 50.7 Å².